The molecule has 2 rings (SSSR count). The molecule has 1 saturated heterocycles. The van der Waals surface area contributed by atoms with E-state index in [-0.39, 0.29) is 0 Å². The van der Waals surface area contributed by atoms with Crippen molar-refractivity contribution in [1.29, 1.82) is 0 Å². The van der Waals surface area contributed by atoms with Gasteiger partial charge in [-0.1, -0.05) is 13.3 Å². The molecule has 1 fully saturated rings. The lowest BCUT2D eigenvalue weighted by molar-refractivity contribution is 0.435. The van der Waals surface area contributed by atoms with Crippen LogP contribution in [0.2, 0.25) is 0 Å². The second-order valence-electron chi connectivity index (χ2n) is 4.94. The average Bonchev–Trinajstić information content (AvgIpc) is 2.34. The fourth-order valence-electron chi connectivity index (χ4n) is 2.71. The van der Waals surface area contributed by atoms with Crippen molar-refractivity contribution in [3.05, 3.63) is 18.2 Å². The molecule has 1 aliphatic heterocycles. The van der Waals surface area contributed by atoms with Gasteiger partial charge in [-0.05, 0) is 43.9 Å². The first-order valence-electron chi connectivity index (χ1n) is 6.64. The molecule has 0 radical (unpaired) electrons. The monoisotopic (exact) mass is 233 g/mol. The van der Waals surface area contributed by atoms with Gasteiger partial charge in [0.2, 0.25) is 0 Å². The largest absolute Gasteiger partial charge is 0.397 e. The Kier molecular flexibility index (Phi) is 3.77. The number of nitrogens with two attached hydrogens (primary N) is 2. The van der Waals surface area contributed by atoms with Gasteiger partial charge in [0.15, 0.2) is 0 Å². The third-order valence-corrected chi connectivity index (χ3v) is 3.65. The summed E-state index contributed by atoms with van der Waals surface area (Å²) in [5, 5.41) is 0. The van der Waals surface area contributed by atoms with Crippen LogP contribution < -0.4 is 16.4 Å². The van der Waals surface area contributed by atoms with Gasteiger partial charge in [0, 0.05) is 18.3 Å². The first-order valence-corrected chi connectivity index (χ1v) is 6.64. The van der Waals surface area contributed by atoms with Crippen molar-refractivity contribution in [3.8, 4) is 0 Å². The van der Waals surface area contributed by atoms with E-state index in [0.717, 1.165) is 6.54 Å². The highest BCUT2D eigenvalue weighted by atomic mass is 15.2. The Morgan fingerprint density at radius 3 is 2.76 bits per heavy atom. The minimum Gasteiger partial charge on any atom is -0.397 e. The SMILES string of the molecule is CCCC1CCCCN1c1ccc(N)c(N)c1. The zero-order chi connectivity index (χ0) is 12.3. The van der Waals surface area contributed by atoms with E-state index in [9.17, 15) is 0 Å². The molecule has 0 saturated carbocycles. The van der Waals surface area contributed by atoms with Crippen molar-refractivity contribution in [2.24, 2.45) is 0 Å². The standard InChI is InChI=1S/C14H23N3/c1-2-5-11-6-3-4-9-17(11)12-7-8-13(15)14(16)10-12/h7-8,10-11H,2-6,9,15-16H2,1H3. The minimum atomic E-state index is 0.678. The summed E-state index contributed by atoms with van der Waals surface area (Å²) in [6.45, 7) is 3.40. The van der Waals surface area contributed by atoms with E-state index in [1.54, 1.807) is 0 Å². The van der Waals surface area contributed by atoms with Crippen molar-refractivity contribution >= 4 is 17.1 Å². The highest BCUT2D eigenvalue weighted by Crippen LogP contribution is 2.30. The van der Waals surface area contributed by atoms with Crippen molar-refractivity contribution in [2.45, 2.75) is 45.1 Å². The van der Waals surface area contributed by atoms with Gasteiger partial charge in [0.25, 0.3) is 0 Å². The van der Waals surface area contributed by atoms with Gasteiger partial charge in [-0.2, -0.15) is 0 Å². The molecule has 1 aliphatic rings. The van der Waals surface area contributed by atoms with Crippen molar-refractivity contribution in [2.75, 3.05) is 22.9 Å². The summed E-state index contributed by atoms with van der Waals surface area (Å²) in [6, 6.07) is 6.71. The molecule has 0 amide bonds. The van der Waals surface area contributed by atoms with Gasteiger partial charge in [-0.25, -0.2) is 0 Å². The molecule has 0 bridgehead atoms. The second kappa shape index (κ2) is 5.30. The number of nitrogens with zero attached hydrogens (tertiary/aromatic N) is 1. The molecule has 94 valence electrons. The molecule has 3 nitrogen and oxygen atoms in total. The molecular weight excluding hydrogens is 210 g/mol. The third kappa shape index (κ3) is 2.65. The molecule has 1 atom stereocenters. The van der Waals surface area contributed by atoms with Crippen LogP contribution in [0.25, 0.3) is 0 Å². The minimum absolute atomic E-state index is 0.678. The normalized spacial score (nSPS) is 20.5. The van der Waals surface area contributed by atoms with Crippen molar-refractivity contribution in [3.63, 3.8) is 0 Å². The molecule has 0 aliphatic carbocycles. The summed E-state index contributed by atoms with van der Waals surface area (Å²) in [5.41, 5.74) is 14.3. The Balaban J connectivity index is 2.20. The number of hydrogen-bond acceptors (Lipinski definition) is 3. The van der Waals surface area contributed by atoms with Gasteiger partial charge >= 0.3 is 0 Å². The van der Waals surface area contributed by atoms with Gasteiger partial charge in [-0.3, -0.25) is 0 Å². The summed E-state index contributed by atoms with van der Waals surface area (Å²) in [5.74, 6) is 0. The lowest BCUT2D eigenvalue weighted by Crippen LogP contribution is -2.39. The summed E-state index contributed by atoms with van der Waals surface area (Å²) in [4.78, 5) is 2.50. The Labute approximate surface area is 104 Å². The van der Waals surface area contributed by atoms with Gasteiger partial charge in [0.1, 0.15) is 0 Å². The van der Waals surface area contributed by atoms with Crippen LogP contribution in [0, 0.1) is 0 Å². The zero-order valence-electron chi connectivity index (χ0n) is 10.7. The first kappa shape index (κ1) is 12.1. The van der Waals surface area contributed by atoms with E-state index < -0.39 is 0 Å². The number of benzene rings is 1. The van der Waals surface area contributed by atoms with Crippen LogP contribution in [0.15, 0.2) is 18.2 Å². The van der Waals surface area contributed by atoms with Crippen LogP contribution in [0.1, 0.15) is 39.0 Å². The van der Waals surface area contributed by atoms with Crippen molar-refractivity contribution in [1.82, 2.24) is 0 Å². The van der Waals surface area contributed by atoms with Crippen molar-refractivity contribution < 1.29 is 0 Å². The highest BCUT2D eigenvalue weighted by molar-refractivity contribution is 5.70. The Morgan fingerprint density at radius 1 is 1.24 bits per heavy atom. The fraction of sp³-hybridized carbons (Fsp3) is 0.571. The molecule has 4 N–H and O–H groups in total. The lowest BCUT2D eigenvalue weighted by Gasteiger charge is -2.37. The summed E-state index contributed by atoms with van der Waals surface area (Å²) in [6.07, 6.45) is 6.45. The first-order chi connectivity index (χ1) is 8.22. The topological polar surface area (TPSA) is 55.3 Å². The Morgan fingerprint density at radius 2 is 2.06 bits per heavy atom. The summed E-state index contributed by atoms with van der Waals surface area (Å²) in [7, 11) is 0. The number of anilines is 3. The highest BCUT2D eigenvalue weighted by Gasteiger charge is 2.21. The molecule has 0 aromatic heterocycles. The zero-order valence-corrected chi connectivity index (χ0v) is 10.7. The van der Waals surface area contributed by atoms with Crippen LogP contribution in [0.3, 0.4) is 0 Å². The fourth-order valence-corrected chi connectivity index (χ4v) is 2.71. The molecule has 1 unspecified atom stereocenters. The summed E-state index contributed by atoms with van der Waals surface area (Å²) >= 11 is 0. The number of rotatable bonds is 3. The predicted octanol–water partition coefficient (Wildman–Crippen LogP) is 3.01. The molecule has 1 heterocycles. The van der Waals surface area contributed by atoms with Crippen LogP contribution >= 0.6 is 0 Å². The molecule has 17 heavy (non-hydrogen) atoms. The maximum atomic E-state index is 5.90. The lowest BCUT2D eigenvalue weighted by atomic mass is 9.97. The van der Waals surface area contributed by atoms with E-state index in [2.05, 4.69) is 17.9 Å². The molecular formula is C14H23N3. The van der Waals surface area contributed by atoms with E-state index in [1.165, 1.54) is 37.8 Å². The van der Waals surface area contributed by atoms with Gasteiger partial charge in [-0.15, -0.1) is 0 Å². The van der Waals surface area contributed by atoms with Crippen LogP contribution in [-0.2, 0) is 0 Å². The van der Waals surface area contributed by atoms with E-state index in [0.29, 0.717) is 17.4 Å². The van der Waals surface area contributed by atoms with Gasteiger partial charge in [0.05, 0.1) is 11.4 Å². The molecule has 3 heteroatoms. The molecule has 1 aromatic rings. The van der Waals surface area contributed by atoms with E-state index in [1.807, 2.05) is 12.1 Å². The number of piperidine rings is 1. The number of nitrogen functional groups attached to an aromatic ring is 2. The van der Waals surface area contributed by atoms with E-state index in [4.69, 9.17) is 11.5 Å². The average molecular weight is 233 g/mol. The Hall–Kier alpha value is -1.38. The van der Waals surface area contributed by atoms with Crippen LogP contribution in [0.4, 0.5) is 17.1 Å². The smallest absolute Gasteiger partial charge is 0.0568 e. The molecule has 1 aromatic carbocycles. The maximum absolute atomic E-state index is 5.90. The number of hydrogen-bond donors (Lipinski definition) is 2. The van der Waals surface area contributed by atoms with Crippen LogP contribution in [-0.4, -0.2) is 12.6 Å². The predicted molar refractivity (Wildman–Crippen MR) is 75.2 cm³/mol. The van der Waals surface area contributed by atoms with Gasteiger partial charge < -0.3 is 16.4 Å². The Bertz CT molecular complexity index is 374. The third-order valence-electron chi connectivity index (χ3n) is 3.65. The summed E-state index contributed by atoms with van der Waals surface area (Å²) < 4.78 is 0. The maximum Gasteiger partial charge on any atom is 0.0568 e. The quantitative estimate of drug-likeness (QED) is 0.789. The molecule has 0 spiro atoms. The van der Waals surface area contributed by atoms with E-state index >= 15 is 0 Å². The van der Waals surface area contributed by atoms with Crippen LogP contribution in [0.5, 0.6) is 0 Å². The second-order valence-corrected chi connectivity index (χ2v) is 4.94.